The third-order valence-electron chi connectivity index (χ3n) is 3.49. The lowest BCUT2D eigenvalue weighted by atomic mass is 10.1. The first-order valence-electron chi connectivity index (χ1n) is 7.36. The third-order valence-corrected chi connectivity index (χ3v) is 3.49. The molecule has 3 rings (SSSR count). The van der Waals surface area contributed by atoms with Gasteiger partial charge in [-0.15, -0.1) is 0 Å². The minimum Gasteiger partial charge on any atom is -0.489 e. The summed E-state index contributed by atoms with van der Waals surface area (Å²) < 4.78 is 11.3. The van der Waals surface area contributed by atoms with Crippen molar-refractivity contribution in [3.63, 3.8) is 0 Å². The number of ether oxygens (including phenoxy) is 2. The van der Waals surface area contributed by atoms with E-state index < -0.39 is 0 Å². The van der Waals surface area contributed by atoms with Gasteiger partial charge in [-0.1, -0.05) is 12.1 Å². The number of rotatable bonds is 5. The maximum Gasteiger partial charge on any atom is 0.121 e. The Morgan fingerprint density at radius 1 is 1.29 bits per heavy atom. The van der Waals surface area contributed by atoms with Crippen LogP contribution in [-0.4, -0.2) is 24.2 Å². The largest absolute Gasteiger partial charge is 0.489 e. The predicted molar refractivity (Wildman–Crippen MR) is 82.5 cm³/mol. The molecule has 2 heterocycles. The average Bonchev–Trinajstić information content (AvgIpc) is 2.55. The number of benzene rings is 1. The highest BCUT2D eigenvalue weighted by Gasteiger charge is 2.13. The van der Waals surface area contributed by atoms with E-state index in [0.29, 0.717) is 12.6 Å². The molecule has 21 heavy (non-hydrogen) atoms. The summed E-state index contributed by atoms with van der Waals surface area (Å²) in [4.78, 5) is 4.09. The van der Waals surface area contributed by atoms with E-state index in [2.05, 4.69) is 16.4 Å². The van der Waals surface area contributed by atoms with Crippen LogP contribution in [0.15, 0.2) is 48.8 Å². The van der Waals surface area contributed by atoms with E-state index in [1.807, 2.05) is 36.5 Å². The minimum atomic E-state index is 0.396. The van der Waals surface area contributed by atoms with Crippen molar-refractivity contribution in [3.8, 4) is 5.75 Å². The number of anilines is 1. The molecule has 0 spiro atoms. The number of nitrogens with one attached hydrogen (secondary N) is 1. The molecule has 1 saturated heterocycles. The fraction of sp³-hybridized carbons (Fsp3) is 0.353. The average molecular weight is 284 g/mol. The molecular formula is C17H20N2O2. The standard InChI is InChI=1S/C17H20N2O2/c1-5-15(19-16-6-3-9-20-13-16)10-17(7-1)21-12-14-4-2-8-18-11-14/h1-2,4-5,7-8,10-11,16,19H,3,6,9,12-13H2/t16-/m1/s1. The molecular weight excluding hydrogens is 264 g/mol. The van der Waals surface area contributed by atoms with Gasteiger partial charge >= 0.3 is 0 Å². The van der Waals surface area contributed by atoms with Crippen molar-refractivity contribution in [3.05, 3.63) is 54.4 Å². The van der Waals surface area contributed by atoms with Crippen molar-refractivity contribution < 1.29 is 9.47 Å². The second kappa shape index (κ2) is 7.09. The first-order valence-corrected chi connectivity index (χ1v) is 7.36. The topological polar surface area (TPSA) is 43.4 Å². The van der Waals surface area contributed by atoms with E-state index in [0.717, 1.165) is 43.1 Å². The van der Waals surface area contributed by atoms with Crippen LogP contribution in [0.3, 0.4) is 0 Å². The zero-order valence-corrected chi connectivity index (χ0v) is 12.0. The molecule has 4 nitrogen and oxygen atoms in total. The Kier molecular flexibility index (Phi) is 4.69. The lowest BCUT2D eigenvalue weighted by Crippen LogP contribution is -2.29. The highest BCUT2D eigenvalue weighted by molar-refractivity contribution is 5.49. The summed E-state index contributed by atoms with van der Waals surface area (Å²) in [5, 5.41) is 3.50. The maximum atomic E-state index is 5.81. The van der Waals surface area contributed by atoms with Crippen LogP contribution >= 0.6 is 0 Å². The lowest BCUT2D eigenvalue weighted by molar-refractivity contribution is 0.0876. The molecule has 1 aromatic carbocycles. The normalized spacial score (nSPS) is 18.2. The van der Waals surface area contributed by atoms with Crippen LogP contribution < -0.4 is 10.1 Å². The first-order chi connectivity index (χ1) is 10.4. The lowest BCUT2D eigenvalue weighted by Gasteiger charge is -2.24. The second-order valence-electron chi connectivity index (χ2n) is 5.24. The van der Waals surface area contributed by atoms with Gasteiger partial charge in [0.25, 0.3) is 0 Å². The van der Waals surface area contributed by atoms with Gasteiger partial charge in [0.15, 0.2) is 0 Å². The van der Waals surface area contributed by atoms with E-state index in [4.69, 9.17) is 9.47 Å². The molecule has 0 amide bonds. The van der Waals surface area contributed by atoms with Gasteiger partial charge in [0.2, 0.25) is 0 Å². The molecule has 0 aliphatic carbocycles. The van der Waals surface area contributed by atoms with Crippen LogP contribution in [0, 0.1) is 0 Å². The molecule has 1 aromatic heterocycles. The van der Waals surface area contributed by atoms with E-state index in [1.165, 1.54) is 0 Å². The number of hydrogen-bond donors (Lipinski definition) is 1. The fourth-order valence-electron chi connectivity index (χ4n) is 2.42. The molecule has 1 aliphatic rings. The summed E-state index contributed by atoms with van der Waals surface area (Å²) in [6, 6.07) is 12.4. The van der Waals surface area contributed by atoms with Crippen molar-refractivity contribution >= 4 is 5.69 Å². The maximum absolute atomic E-state index is 5.81. The quantitative estimate of drug-likeness (QED) is 0.915. The van der Waals surface area contributed by atoms with Gasteiger partial charge in [-0.25, -0.2) is 0 Å². The smallest absolute Gasteiger partial charge is 0.121 e. The Hall–Kier alpha value is -2.07. The number of aromatic nitrogens is 1. The second-order valence-corrected chi connectivity index (χ2v) is 5.24. The van der Waals surface area contributed by atoms with Gasteiger partial charge in [-0.05, 0) is 31.0 Å². The number of pyridine rings is 1. The summed E-state index contributed by atoms with van der Waals surface area (Å²) >= 11 is 0. The van der Waals surface area contributed by atoms with Gasteiger partial charge < -0.3 is 14.8 Å². The van der Waals surface area contributed by atoms with Gasteiger partial charge in [-0.3, -0.25) is 4.98 Å². The fourth-order valence-corrected chi connectivity index (χ4v) is 2.42. The molecule has 2 aromatic rings. The zero-order valence-electron chi connectivity index (χ0n) is 12.0. The molecule has 0 bridgehead atoms. The third kappa shape index (κ3) is 4.20. The molecule has 1 atom stereocenters. The summed E-state index contributed by atoms with van der Waals surface area (Å²) in [5.74, 6) is 0.862. The van der Waals surface area contributed by atoms with Gasteiger partial charge in [-0.2, -0.15) is 0 Å². The van der Waals surface area contributed by atoms with E-state index in [9.17, 15) is 0 Å². The highest BCUT2D eigenvalue weighted by atomic mass is 16.5. The molecule has 0 unspecified atom stereocenters. The zero-order chi connectivity index (χ0) is 14.3. The summed E-state index contributed by atoms with van der Waals surface area (Å²) in [7, 11) is 0. The van der Waals surface area contributed by atoms with Crippen LogP contribution in [0.25, 0.3) is 0 Å². The van der Waals surface area contributed by atoms with E-state index in [-0.39, 0.29) is 0 Å². The Morgan fingerprint density at radius 2 is 2.29 bits per heavy atom. The van der Waals surface area contributed by atoms with Crippen molar-refractivity contribution in [1.29, 1.82) is 0 Å². The van der Waals surface area contributed by atoms with Crippen molar-refractivity contribution in [2.45, 2.75) is 25.5 Å². The van der Waals surface area contributed by atoms with E-state index >= 15 is 0 Å². The van der Waals surface area contributed by atoms with Crippen LogP contribution in [0.4, 0.5) is 5.69 Å². The van der Waals surface area contributed by atoms with Crippen molar-refractivity contribution in [2.75, 3.05) is 18.5 Å². The Morgan fingerprint density at radius 3 is 3.10 bits per heavy atom. The van der Waals surface area contributed by atoms with Gasteiger partial charge in [0.05, 0.1) is 6.61 Å². The minimum absolute atomic E-state index is 0.396. The van der Waals surface area contributed by atoms with Crippen LogP contribution in [0.1, 0.15) is 18.4 Å². The Balaban J connectivity index is 1.57. The predicted octanol–water partition coefficient (Wildman–Crippen LogP) is 3.25. The molecule has 1 N–H and O–H groups in total. The molecule has 1 aliphatic heterocycles. The molecule has 1 fully saturated rings. The van der Waals surface area contributed by atoms with E-state index in [1.54, 1.807) is 6.20 Å². The molecule has 0 radical (unpaired) electrons. The molecule has 4 heteroatoms. The van der Waals surface area contributed by atoms with Gasteiger partial charge in [0.1, 0.15) is 12.4 Å². The van der Waals surface area contributed by atoms with Crippen LogP contribution in [-0.2, 0) is 11.3 Å². The SMILES string of the molecule is c1cncc(COc2cccc(N[C@@H]3CCCOC3)c2)c1. The Labute approximate surface area is 125 Å². The van der Waals surface area contributed by atoms with Gasteiger partial charge in [0, 0.05) is 42.4 Å². The van der Waals surface area contributed by atoms with Crippen molar-refractivity contribution in [1.82, 2.24) is 4.98 Å². The van der Waals surface area contributed by atoms with Crippen LogP contribution in [0.2, 0.25) is 0 Å². The number of hydrogen-bond acceptors (Lipinski definition) is 4. The summed E-state index contributed by atoms with van der Waals surface area (Å²) in [6.45, 7) is 2.19. The van der Waals surface area contributed by atoms with Crippen molar-refractivity contribution in [2.24, 2.45) is 0 Å². The van der Waals surface area contributed by atoms with Crippen LogP contribution in [0.5, 0.6) is 5.75 Å². The summed E-state index contributed by atoms with van der Waals surface area (Å²) in [6.07, 6.45) is 5.86. The molecule has 0 saturated carbocycles. The Bertz CT molecular complexity index is 554. The summed E-state index contributed by atoms with van der Waals surface area (Å²) in [5.41, 5.74) is 2.14. The monoisotopic (exact) mass is 284 g/mol. The molecule has 110 valence electrons. The first kappa shape index (κ1) is 13.9. The highest BCUT2D eigenvalue weighted by Crippen LogP contribution is 2.21. The number of nitrogens with zero attached hydrogens (tertiary/aromatic N) is 1.